The number of aromatic nitrogens is 4. The number of para-hydroxylation sites is 2. The molecule has 0 aliphatic heterocycles. The van der Waals surface area contributed by atoms with E-state index in [2.05, 4.69) is 48.0 Å². The lowest BCUT2D eigenvalue weighted by atomic mass is 10.1. The monoisotopic (exact) mass is 1140 g/mol. The zero-order valence-electron chi connectivity index (χ0n) is 41.8. The third kappa shape index (κ3) is 15.8. The number of nitro benzene ring substituents is 1. The van der Waals surface area contributed by atoms with Crippen LogP contribution in [0.5, 0.6) is 0 Å². The van der Waals surface area contributed by atoms with Crippen molar-refractivity contribution >= 4 is 144 Å². The minimum absolute atomic E-state index is 0.117. The summed E-state index contributed by atoms with van der Waals surface area (Å²) in [6.45, 7) is 1.34. The fraction of sp³-hybridized carbons (Fsp3) is 0.0345. The van der Waals surface area contributed by atoms with Crippen LogP contribution in [0.4, 0.5) is 34.1 Å². The van der Waals surface area contributed by atoms with Gasteiger partial charge in [-0.25, -0.2) is 29.5 Å². The van der Waals surface area contributed by atoms with Gasteiger partial charge in [0.25, 0.3) is 11.6 Å². The first-order chi connectivity index (χ1) is 38.8. The maximum atomic E-state index is 12.4. The number of nitrogens with zero attached hydrogens (tertiary/aromatic N) is 5. The number of carboxylic acid groups (broad SMARTS) is 2. The van der Waals surface area contributed by atoms with Crippen molar-refractivity contribution in [2.75, 3.05) is 27.4 Å². The van der Waals surface area contributed by atoms with Gasteiger partial charge in [0, 0.05) is 53.4 Å². The van der Waals surface area contributed by atoms with Gasteiger partial charge in [-0.15, -0.1) is 45.3 Å². The van der Waals surface area contributed by atoms with E-state index in [1.165, 1.54) is 47.7 Å². The van der Waals surface area contributed by atoms with E-state index in [1.807, 2.05) is 108 Å². The SMILES string of the molecule is Nc1ccc2ncsc2c1.Nc1ccccc1NC(=O)c1ccc(CNc2ccc3ncsc3c2)cc1.O=C(O)c1ccc(CNc2ccc3ncsc3c2)cc1.O=Cc1ccc(C(=O)O)cc1.O=[N+]([O-])c1ccc2ncsc2c1. The molecule has 12 rings (SSSR count). The predicted molar refractivity (Wildman–Crippen MR) is 322 cm³/mol. The number of rotatable bonds is 12. The molecule has 80 heavy (non-hydrogen) atoms. The van der Waals surface area contributed by atoms with Crippen molar-refractivity contribution in [3.63, 3.8) is 0 Å². The number of nitrogen functional groups attached to an aromatic ring is 2. The fourth-order valence-corrected chi connectivity index (χ4v) is 10.1. The smallest absolute Gasteiger partial charge is 0.335 e. The minimum Gasteiger partial charge on any atom is -0.478 e. The van der Waals surface area contributed by atoms with Crippen LogP contribution in [0.25, 0.3) is 40.9 Å². The molecule has 12 aromatic rings. The minimum atomic E-state index is -0.984. The van der Waals surface area contributed by atoms with Crippen LogP contribution in [0, 0.1) is 10.1 Å². The lowest BCUT2D eigenvalue weighted by molar-refractivity contribution is -0.384. The number of benzene rings is 8. The van der Waals surface area contributed by atoms with Crippen LogP contribution in [0.3, 0.4) is 0 Å². The second-order valence-electron chi connectivity index (χ2n) is 16.9. The zero-order chi connectivity index (χ0) is 56.4. The van der Waals surface area contributed by atoms with E-state index >= 15 is 0 Å². The van der Waals surface area contributed by atoms with Crippen molar-refractivity contribution < 1.29 is 34.3 Å². The van der Waals surface area contributed by atoms with Gasteiger partial charge in [0.15, 0.2) is 0 Å². The van der Waals surface area contributed by atoms with Crippen molar-refractivity contribution in [1.29, 1.82) is 0 Å². The summed E-state index contributed by atoms with van der Waals surface area (Å²) in [6.07, 6.45) is 0.672. The Morgan fingerprint density at radius 2 is 0.950 bits per heavy atom. The zero-order valence-corrected chi connectivity index (χ0v) is 45.1. The summed E-state index contributed by atoms with van der Waals surface area (Å²) in [7, 11) is 0. The summed E-state index contributed by atoms with van der Waals surface area (Å²) in [6, 6.07) is 49.9. The van der Waals surface area contributed by atoms with E-state index in [1.54, 1.807) is 69.9 Å². The van der Waals surface area contributed by atoms with Crippen molar-refractivity contribution in [3.8, 4) is 0 Å². The van der Waals surface area contributed by atoms with Gasteiger partial charge in [0.1, 0.15) is 6.29 Å². The molecule has 0 fully saturated rings. The number of non-ortho nitro benzene ring substituents is 1. The fourth-order valence-electron chi connectivity index (χ4n) is 7.22. The van der Waals surface area contributed by atoms with Crippen LogP contribution in [0.15, 0.2) is 192 Å². The molecule has 0 bridgehead atoms. The highest BCUT2D eigenvalue weighted by Crippen LogP contribution is 2.26. The molecule has 0 saturated carbocycles. The Kier molecular flexibility index (Phi) is 19.2. The number of aromatic carboxylic acids is 2. The number of fused-ring (bicyclic) bond motifs is 4. The molecule has 4 heterocycles. The molecule has 22 heteroatoms. The molecule has 0 spiro atoms. The van der Waals surface area contributed by atoms with Gasteiger partial charge < -0.3 is 37.6 Å². The van der Waals surface area contributed by atoms with Crippen LogP contribution in [0.1, 0.15) is 52.6 Å². The first-order valence-corrected chi connectivity index (χ1v) is 27.4. The van der Waals surface area contributed by atoms with Crippen molar-refractivity contribution in [2.24, 2.45) is 0 Å². The van der Waals surface area contributed by atoms with E-state index in [4.69, 9.17) is 21.7 Å². The average Bonchev–Trinajstić information content (AvgIpc) is 4.34. The molecule has 4 aromatic heterocycles. The molecular weight excluding hydrogens is 1090 g/mol. The molecule has 0 atom stereocenters. The van der Waals surface area contributed by atoms with E-state index < -0.39 is 16.9 Å². The standard InChI is InChI=1S/C21H18N4OS.C15H12N2O2S.C8H6O3.C7H4N2O2S.C7H6N2S/c22-17-3-1-2-4-18(17)25-21(26)15-7-5-14(6-8-15)12-23-16-9-10-19-20(11-16)27-13-24-19;18-15(19)11-3-1-10(2-4-11)8-16-12-5-6-13-14(7-12)20-9-17-13;9-5-6-1-3-7(4-2-6)8(10)11;10-9(11)5-1-2-6-7(3-5)12-4-8-6;8-5-1-2-6-7(3-5)10-4-9-6/h1-11,13,23H,12,22H2,(H,25,26);1-7,9,16H,8H2,(H,18,19);1-5H,(H,10,11);1-4H;1-4H,8H2. The summed E-state index contributed by atoms with van der Waals surface area (Å²) < 4.78 is 4.31. The first kappa shape index (κ1) is 56.2. The van der Waals surface area contributed by atoms with Crippen molar-refractivity contribution in [3.05, 3.63) is 235 Å². The highest BCUT2D eigenvalue weighted by molar-refractivity contribution is 7.17. The van der Waals surface area contributed by atoms with Gasteiger partial charge in [-0.05, 0) is 120 Å². The number of thiazole rings is 4. The molecular formula is C58H46N10O8S4. The molecule has 0 aliphatic rings. The number of carbonyl (C=O) groups excluding carboxylic acids is 2. The van der Waals surface area contributed by atoms with Gasteiger partial charge in [0.2, 0.25) is 0 Å². The number of hydrogen-bond acceptors (Lipinski definition) is 18. The number of amides is 1. The normalized spacial score (nSPS) is 10.3. The Labute approximate surface area is 471 Å². The lowest BCUT2D eigenvalue weighted by Gasteiger charge is -2.09. The number of nitro groups is 1. The molecule has 0 saturated heterocycles. The number of carbonyl (C=O) groups is 4. The molecule has 1 amide bonds. The quantitative estimate of drug-likeness (QED) is 0.0259. The summed E-state index contributed by atoms with van der Waals surface area (Å²) in [5, 5.41) is 37.2. The Morgan fingerprint density at radius 3 is 1.41 bits per heavy atom. The second kappa shape index (κ2) is 27.4. The van der Waals surface area contributed by atoms with Crippen molar-refractivity contribution in [1.82, 2.24) is 19.9 Å². The van der Waals surface area contributed by atoms with Crippen LogP contribution >= 0.6 is 45.3 Å². The van der Waals surface area contributed by atoms with Crippen LogP contribution < -0.4 is 27.4 Å². The number of nitrogens with one attached hydrogen (secondary N) is 3. The molecule has 9 N–H and O–H groups in total. The predicted octanol–water partition coefficient (Wildman–Crippen LogP) is 13.6. The number of anilines is 5. The van der Waals surface area contributed by atoms with Crippen LogP contribution in [-0.4, -0.2) is 59.2 Å². The number of aldehydes is 1. The summed E-state index contributed by atoms with van der Waals surface area (Å²) >= 11 is 6.25. The maximum absolute atomic E-state index is 12.4. The highest BCUT2D eigenvalue weighted by Gasteiger charge is 2.10. The topological polar surface area (TPSA) is 292 Å². The largest absolute Gasteiger partial charge is 0.478 e. The Bertz CT molecular complexity index is 4070. The Balaban J connectivity index is 0.000000139. The van der Waals surface area contributed by atoms with Gasteiger partial charge in [-0.2, -0.15) is 0 Å². The number of nitrogens with two attached hydrogens (primary N) is 2. The van der Waals surface area contributed by atoms with Gasteiger partial charge in [0.05, 0.1) is 90.3 Å². The molecule has 8 aromatic carbocycles. The lowest BCUT2D eigenvalue weighted by Crippen LogP contribution is -2.13. The second-order valence-corrected chi connectivity index (χ2v) is 20.4. The third-order valence-corrected chi connectivity index (χ3v) is 14.6. The first-order valence-electron chi connectivity index (χ1n) is 23.8. The van der Waals surface area contributed by atoms with Gasteiger partial charge in [-0.1, -0.05) is 48.5 Å². The van der Waals surface area contributed by atoms with E-state index in [0.717, 1.165) is 69.1 Å². The maximum Gasteiger partial charge on any atom is 0.335 e. The highest BCUT2D eigenvalue weighted by atomic mass is 32.1. The third-order valence-electron chi connectivity index (χ3n) is 11.5. The molecule has 0 unspecified atom stereocenters. The van der Waals surface area contributed by atoms with Crippen molar-refractivity contribution in [2.45, 2.75) is 13.1 Å². The summed E-state index contributed by atoms with van der Waals surface area (Å²) in [4.78, 5) is 70.2. The Hall–Kier alpha value is -10.0. The molecule has 400 valence electrons. The van der Waals surface area contributed by atoms with E-state index in [-0.39, 0.29) is 17.2 Å². The van der Waals surface area contributed by atoms with Gasteiger partial charge >= 0.3 is 11.9 Å². The Morgan fingerprint density at radius 1 is 0.525 bits per heavy atom. The molecule has 0 radical (unpaired) electrons. The molecule has 18 nitrogen and oxygen atoms in total. The van der Waals surface area contributed by atoms with Crippen LogP contribution in [0.2, 0.25) is 0 Å². The van der Waals surface area contributed by atoms with E-state index in [0.29, 0.717) is 47.4 Å². The van der Waals surface area contributed by atoms with Crippen LogP contribution in [-0.2, 0) is 13.1 Å². The molecule has 0 aliphatic carbocycles. The number of carboxylic acids is 2. The van der Waals surface area contributed by atoms with E-state index in [9.17, 15) is 29.3 Å². The number of hydrogen-bond donors (Lipinski definition) is 7. The van der Waals surface area contributed by atoms with Gasteiger partial charge in [-0.3, -0.25) is 19.7 Å². The summed E-state index contributed by atoms with van der Waals surface area (Å²) in [5.41, 5.74) is 30.3. The summed E-state index contributed by atoms with van der Waals surface area (Å²) in [5.74, 6) is -2.06. The average molecular weight is 1140 g/mol.